The van der Waals surface area contributed by atoms with Crippen LogP contribution in [0, 0.1) is 5.92 Å². The van der Waals surface area contributed by atoms with Crippen LogP contribution in [0.15, 0.2) is 34.9 Å². The number of rotatable bonds is 3. The number of piperidine rings is 1. The molecule has 2 heterocycles. The summed E-state index contributed by atoms with van der Waals surface area (Å²) in [6.45, 7) is 0.706. The highest BCUT2D eigenvalue weighted by atomic mass is 79.9. The number of hydrogen-bond acceptors (Lipinski definition) is 4. The highest BCUT2D eigenvalue weighted by Gasteiger charge is 2.30. The molecule has 1 aliphatic heterocycles. The maximum absolute atomic E-state index is 12.6. The number of amides is 1. The van der Waals surface area contributed by atoms with Gasteiger partial charge in [0, 0.05) is 29.1 Å². The first-order valence-electron chi connectivity index (χ1n) is 7.65. The molecule has 0 spiro atoms. The Morgan fingerprint density at radius 3 is 2.92 bits per heavy atom. The highest BCUT2D eigenvalue weighted by Crippen LogP contribution is 2.29. The van der Waals surface area contributed by atoms with Crippen LogP contribution in [0.1, 0.15) is 12.8 Å². The molecule has 1 N–H and O–H groups in total. The van der Waals surface area contributed by atoms with Gasteiger partial charge in [0.25, 0.3) is 0 Å². The molecule has 1 aromatic heterocycles. The van der Waals surface area contributed by atoms with Gasteiger partial charge in [-0.15, -0.1) is 0 Å². The third-order valence-corrected chi connectivity index (χ3v) is 6.16. The van der Waals surface area contributed by atoms with Crippen molar-refractivity contribution >= 4 is 48.5 Å². The summed E-state index contributed by atoms with van der Waals surface area (Å²) in [5.74, 6) is -0.520. The van der Waals surface area contributed by atoms with Gasteiger partial charge in [-0.1, -0.05) is 22.0 Å². The second kappa shape index (κ2) is 6.78. The number of nitrogens with one attached hydrogen (secondary N) is 1. The topological polar surface area (TPSA) is 79.4 Å². The minimum absolute atomic E-state index is 0.169. The number of sulfonamides is 1. The molecule has 1 unspecified atom stereocenters. The normalized spacial score (nSPS) is 19.3. The fraction of sp³-hybridized carbons (Fsp3) is 0.375. The van der Waals surface area contributed by atoms with Gasteiger partial charge in [0.2, 0.25) is 15.9 Å². The van der Waals surface area contributed by atoms with E-state index in [0.29, 0.717) is 30.6 Å². The number of aromatic nitrogens is 1. The van der Waals surface area contributed by atoms with Crippen LogP contribution < -0.4 is 5.32 Å². The Morgan fingerprint density at radius 2 is 2.17 bits per heavy atom. The van der Waals surface area contributed by atoms with Crippen LogP contribution in [0.2, 0.25) is 0 Å². The van der Waals surface area contributed by atoms with Gasteiger partial charge in [0.05, 0.1) is 23.4 Å². The van der Waals surface area contributed by atoms with Gasteiger partial charge < -0.3 is 5.32 Å². The maximum Gasteiger partial charge on any atom is 0.228 e. The monoisotopic (exact) mass is 411 g/mol. The molecule has 1 aromatic carbocycles. The lowest BCUT2D eigenvalue weighted by molar-refractivity contribution is -0.120. The van der Waals surface area contributed by atoms with Gasteiger partial charge in [0.1, 0.15) is 0 Å². The fourth-order valence-corrected chi connectivity index (χ4v) is 4.29. The summed E-state index contributed by atoms with van der Waals surface area (Å²) in [6, 6.07) is 7.43. The van der Waals surface area contributed by atoms with Crippen molar-refractivity contribution in [3.8, 4) is 0 Å². The summed E-state index contributed by atoms with van der Waals surface area (Å²) in [7, 11) is -3.27. The van der Waals surface area contributed by atoms with Crippen molar-refractivity contribution in [3.05, 3.63) is 34.9 Å². The number of carbonyl (C=O) groups excluding carboxylic acids is 1. The molecule has 1 atom stereocenters. The summed E-state index contributed by atoms with van der Waals surface area (Å²) in [5, 5.41) is 3.82. The first kappa shape index (κ1) is 17.3. The van der Waals surface area contributed by atoms with Crippen LogP contribution in [0.25, 0.3) is 10.9 Å². The molecule has 0 aliphatic carbocycles. The van der Waals surface area contributed by atoms with Crippen LogP contribution >= 0.6 is 15.9 Å². The van der Waals surface area contributed by atoms with Gasteiger partial charge >= 0.3 is 0 Å². The Balaban J connectivity index is 1.82. The summed E-state index contributed by atoms with van der Waals surface area (Å²) in [4.78, 5) is 16.9. The first-order chi connectivity index (χ1) is 11.4. The summed E-state index contributed by atoms with van der Waals surface area (Å²) >= 11 is 3.48. The van der Waals surface area contributed by atoms with Gasteiger partial charge in [0.15, 0.2) is 0 Å². The predicted octanol–water partition coefficient (Wildman–Crippen LogP) is 2.61. The fourth-order valence-electron chi connectivity index (χ4n) is 2.93. The van der Waals surface area contributed by atoms with Crippen LogP contribution in [0.5, 0.6) is 0 Å². The number of hydrogen-bond donors (Lipinski definition) is 1. The van der Waals surface area contributed by atoms with Crippen molar-refractivity contribution in [2.75, 3.05) is 24.7 Å². The molecular formula is C16H18BrN3O3S. The third-order valence-electron chi connectivity index (χ3n) is 4.20. The van der Waals surface area contributed by atoms with E-state index in [2.05, 4.69) is 26.2 Å². The average Bonchev–Trinajstić information content (AvgIpc) is 2.57. The molecule has 0 bridgehead atoms. The molecule has 3 rings (SSSR count). The van der Waals surface area contributed by atoms with E-state index >= 15 is 0 Å². The standard InChI is InChI=1S/C16H18BrN3O3S/c1-24(22,23)20-9-3-4-11(10-20)16(21)19-14-7-6-13(17)12-5-2-8-18-15(12)14/h2,5-8,11H,3-4,9-10H2,1H3,(H,19,21). The van der Waals surface area contributed by atoms with Crippen LogP contribution in [-0.4, -0.2) is 43.0 Å². The van der Waals surface area contributed by atoms with E-state index in [1.165, 1.54) is 10.6 Å². The van der Waals surface area contributed by atoms with Crippen molar-refractivity contribution < 1.29 is 13.2 Å². The SMILES string of the molecule is CS(=O)(=O)N1CCCC(C(=O)Nc2ccc(Br)c3cccnc23)C1. The molecule has 1 saturated heterocycles. The minimum atomic E-state index is -3.27. The minimum Gasteiger partial charge on any atom is -0.324 e. The largest absolute Gasteiger partial charge is 0.324 e. The summed E-state index contributed by atoms with van der Waals surface area (Å²) < 4.78 is 25.7. The zero-order valence-electron chi connectivity index (χ0n) is 13.2. The van der Waals surface area contributed by atoms with E-state index in [9.17, 15) is 13.2 Å². The third kappa shape index (κ3) is 3.60. The number of anilines is 1. The second-order valence-corrected chi connectivity index (χ2v) is 8.78. The van der Waals surface area contributed by atoms with Crippen LogP contribution in [0.4, 0.5) is 5.69 Å². The van der Waals surface area contributed by atoms with E-state index in [4.69, 9.17) is 0 Å². The molecule has 1 amide bonds. The Hall–Kier alpha value is -1.51. The lowest BCUT2D eigenvalue weighted by Gasteiger charge is -2.30. The van der Waals surface area contributed by atoms with Gasteiger partial charge in [-0.05, 0) is 31.0 Å². The second-order valence-electron chi connectivity index (χ2n) is 5.94. The van der Waals surface area contributed by atoms with Crippen molar-refractivity contribution in [2.24, 2.45) is 5.92 Å². The van der Waals surface area contributed by atoms with E-state index < -0.39 is 10.0 Å². The Labute approximate surface area is 149 Å². The van der Waals surface area contributed by atoms with Gasteiger partial charge in [-0.2, -0.15) is 0 Å². The van der Waals surface area contributed by atoms with Crippen molar-refractivity contribution in [1.82, 2.24) is 9.29 Å². The number of pyridine rings is 1. The first-order valence-corrected chi connectivity index (χ1v) is 10.3. The van der Waals surface area contributed by atoms with E-state index in [-0.39, 0.29) is 18.4 Å². The van der Waals surface area contributed by atoms with Gasteiger partial charge in [-0.25, -0.2) is 12.7 Å². The number of nitrogens with zero attached hydrogens (tertiary/aromatic N) is 2. The molecule has 1 fully saturated rings. The Kier molecular flexibility index (Phi) is 4.89. The number of halogens is 1. The number of benzene rings is 1. The van der Waals surface area contributed by atoms with E-state index in [1.54, 1.807) is 12.3 Å². The molecule has 6 nitrogen and oxygen atoms in total. The summed E-state index contributed by atoms with van der Waals surface area (Å²) in [6.07, 6.45) is 4.22. The maximum atomic E-state index is 12.6. The number of fused-ring (bicyclic) bond motifs is 1. The van der Waals surface area contributed by atoms with Crippen molar-refractivity contribution in [3.63, 3.8) is 0 Å². The molecule has 24 heavy (non-hydrogen) atoms. The molecule has 0 radical (unpaired) electrons. The quantitative estimate of drug-likeness (QED) is 0.841. The van der Waals surface area contributed by atoms with Crippen molar-refractivity contribution in [1.29, 1.82) is 0 Å². The zero-order chi connectivity index (χ0) is 17.3. The molecule has 8 heteroatoms. The number of carbonyl (C=O) groups is 1. The zero-order valence-corrected chi connectivity index (χ0v) is 15.6. The molecule has 2 aromatic rings. The molecule has 1 aliphatic rings. The van der Waals surface area contributed by atoms with Crippen LogP contribution in [-0.2, 0) is 14.8 Å². The lowest BCUT2D eigenvalue weighted by atomic mass is 9.98. The Morgan fingerprint density at radius 1 is 1.38 bits per heavy atom. The van der Waals surface area contributed by atoms with E-state index in [0.717, 1.165) is 9.86 Å². The molecule has 128 valence electrons. The molecular weight excluding hydrogens is 394 g/mol. The highest BCUT2D eigenvalue weighted by molar-refractivity contribution is 9.10. The van der Waals surface area contributed by atoms with Crippen LogP contribution in [0.3, 0.4) is 0 Å². The molecule has 0 saturated carbocycles. The van der Waals surface area contributed by atoms with Crippen molar-refractivity contribution in [2.45, 2.75) is 12.8 Å². The lowest BCUT2D eigenvalue weighted by Crippen LogP contribution is -2.43. The smallest absolute Gasteiger partial charge is 0.228 e. The average molecular weight is 412 g/mol. The summed E-state index contributed by atoms with van der Waals surface area (Å²) in [5.41, 5.74) is 1.34. The Bertz CT molecular complexity index is 885. The van der Waals surface area contributed by atoms with Gasteiger partial charge in [-0.3, -0.25) is 9.78 Å². The van der Waals surface area contributed by atoms with E-state index in [1.807, 2.05) is 18.2 Å². The predicted molar refractivity (Wildman–Crippen MR) is 97.2 cm³/mol.